The number of likely N-dealkylation sites (N-methyl/N-ethyl adjacent to an activating group) is 1. The highest BCUT2D eigenvalue weighted by Crippen LogP contribution is 2.53. The number of nitrogens with one attached hydrogen (secondary N) is 1. The van der Waals surface area contributed by atoms with E-state index >= 15 is 0 Å². The number of nitrogens with two attached hydrogens (primary N) is 1. The lowest BCUT2D eigenvalue weighted by atomic mass is 9.54. The van der Waals surface area contributed by atoms with Gasteiger partial charge >= 0.3 is 0 Å². The number of aromatic hydroxyl groups is 1. The smallest absolute Gasteiger partial charge is 0.230 e. The third-order valence-electron chi connectivity index (χ3n) is 8.99. The molecule has 2 fully saturated rings. The minimum Gasteiger partial charge on any atom is -0.507 e. The maximum Gasteiger partial charge on any atom is 0.230 e. The highest BCUT2D eigenvalue weighted by atomic mass is 16.3. The Morgan fingerprint density at radius 3 is 2.31 bits per heavy atom. The van der Waals surface area contributed by atoms with Gasteiger partial charge in [0.05, 0.1) is 11.7 Å². The van der Waals surface area contributed by atoms with Crippen molar-refractivity contribution >= 4 is 28.9 Å². The van der Waals surface area contributed by atoms with Crippen LogP contribution in [0.3, 0.4) is 0 Å². The number of anilines is 1. The first kappa shape index (κ1) is 29.8. The van der Waals surface area contributed by atoms with Gasteiger partial charge in [-0.2, -0.15) is 0 Å². The number of carbonyl (C=O) groups is 3. The molecule has 0 heterocycles. The van der Waals surface area contributed by atoms with E-state index in [1.165, 1.54) is 6.07 Å². The van der Waals surface area contributed by atoms with Crippen LogP contribution in [0.4, 0.5) is 5.69 Å². The number of fused-ring (bicyclic) bond motifs is 3. The van der Waals surface area contributed by atoms with Gasteiger partial charge in [0.1, 0.15) is 17.4 Å². The molecule has 0 spiro atoms. The molecule has 7 N–H and O–H groups in total. The molecule has 6 atom stereocenters. The van der Waals surface area contributed by atoms with E-state index in [1.54, 1.807) is 25.1 Å². The molecule has 0 saturated heterocycles. The van der Waals surface area contributed by atoms with E-state index < -0.39 is 58.7 Å². The van der Waals surface area contributed by atoms with Crippen molar-refractivity contribution in [2.75, 3.05) is 26.0 Å². The molecule has 10 nitrogen and oxygen atoms in total. The van der Waals surface area contributed by atoms with Crippen molar-refractivity contribution in [2.24, 2.45) is 28.9 Å². The standard InChI is InChI=1S/C32H39N3O7/c1-31(2,3)14-34-17-8-6-15(7-9-17)18-10-11-21(36)23-19(18)12-16-13-20-25(35(4)5)27(38)24(30(33)41)29(40)32(20,42)28(39)22(16)26(23)37/h6-11,16,20,24-25,27,34,36-38,42H,12-14H2,1-5H3,(H2,33,41)/t16-,20-,24?,25-,27?,32-/m1/s1. The summed E-state index contributed by atoms with van der Waals surface area (Å²) >= 11 is 0. The third-order valence-corrected chi connectivity index (χ3v) is 8.99. The number of nitrogens with zero attached hydrogens (tertiary/aromatic N) is 1. The highest BCUT2D eigenvalue weighted by molar-refractivity contribution is 6.25. The van der Waals surface area contributed by atoms with Crippen molar-refractivity contribution in [1.82, 2.24) is 4.90 Å². The van der Waals surface area contributed by atoms with Gasteiger partial charge in [-0.15, -0.1) is 0 Å². The summed E-state index contributed by atoms with van der Waals surface area (Å²) in [5.41, 5.74) is 5.97. The number of aliphatic hydroxyl groups excluding tert-OH is 2. The van der Waals surface area contributed by atoms with E-state index in [4.69, 9.17) is 5.73 Å². The van der Waals surface area contributed by atoms with E-state index in [1.807, 2.05) is 24.3 Å². The number of hydrogen-bond donors (Lipinski definition) is 6. The first-order valence-corrected chi connectivity index (χ1v) is 14.2. The molecule has 0 radical (unpaired) electrons. The van der Waals surface area contributed by atoms with Gasteiger partial charge in [0.25, 0.3) is 0 Å². The van der Waals surface area contributed by atoms with Gasteiger partial charge in [0.2, 0.25) is 11.7 Å². The minimum absolute atomic E-state index is 0.0722. The van der Waals surface area contributed by atoms with E-state index in [0.717, 1.165) is 23.4 Å². The fourth-order valence-electron chi connectivity index (χ4n) is 7.01. The van der Waals surface area contributed by atoms with Crippen LogP contribution < -0.4 is 11.1 Å². The topological polar surface area (TPSA) is 173 Å². The van der Waals surface area contributed by atoms with Gasteiger partial charge in [0.15, 0.2) is 11.4 Å². The van der Waals surface area contributed by atoms with E-state index in [-0.39, 0.29) is 35.1 Å². The number of rotatable bonds is 5. The molecule has 2 saturated carbocycles. The average Bonchev–Trinajstić information content (AvgIpc) is 2.89. The molecule has 0 bridgehead atoms. The van der Waals surface area contributed by atoms with Crippen molar-refractivity contribution in [3.05, 3.63) is 53.1 Å². The van der Waals surface area contributed by atoms with Crippen LogP contribution in [-0.2, 0) is 20.8 Å². The summed E-state index contributed by atoms with van der Waals surface area (Å²) in [6, 6.07) is 10.1. The SMILES string of the molecule is CN(C)[C@H]1C(O)C(C(N)=O)C(=O)[C@]2(O)C(=O)C3=C(O)c4c(O)ccc(-c5ccc(NCC(C)(C)C)cc5)c4C[C@@H]3C[C@H]12. The summed E-state index contributed by atoms with van der Waals surface area (Å²) in [4.78, 5) is 41.2. The predicted molar refractivity (Wildman–Crippen MR) is 157 cm³/mol. The Kier molecular flexibility index (Phi) is 7.24. The quantitative estimate of drug-likeness (QED) is 0.291. The zero-order valence-corrected chi connectivity index (χ0v) is 24.5. The Labute approximate surface area is 244 Å². The second kappa shape index (κ2) is 10.2. The number of benzene rings is 2. The molecule has 3 aliphatic rings. The molecule has 1 amide bonds. The molecule has 224 valence electrons. The Hall–Kier alpha value is -3.73. The van der Waals surface area contributed by atoms with Gasteiger partial charge in [-0.3, -0.25) is 14.4 Å². The van der Waals surface area contributed by atoms with Crippen LogP contribution in [-0.4, -0.2) is 81.2 Å². The number of primary amides is 1. The summed E-state index contributed by atoms with van der Waals surface area (Å²) in [7, 11) is 3.25. The number of phenols is 1. The van der Waals surface area contributed by atoms with Crippen molar-refractivity contribution in [2.45, 2.75) is 51.4 Å². The molecule has 0 aliphatic heterocycles. The van der Waals surface area contributed by atoms with E-state index in [9.17, 15) is 34.8 Å². The predicted octanol–water partition coefficient (Wildman–Crippen LogP) is 2.25. The number of carbonyl (C=O) groups excluding carboxylic acids is 3. The first-order valence-electron chi connectivity index (χ1n) is 14.2. The van der Waals surface area contributed by atoms with Crippen LogP contribution in [0.25, 0.3) is 16.9 Å². The normalized spacial score (nSPS) is 29.2. The number of aliphatic hydroxyl groups is 3. The summed E-state index contributed by atoms with van der Waals surface area (Å²) in [6.45, 7) is 7.21. The van der Waals surface area contributed by atoms with Crippen LogP contribution in [0.2, 0.25) is 0 Å². The zero-order valence-electron chi connectivity index (χ0n) is 24.5. The van der Waals surface area contributed by atoms with Crippen LogP contribution >= 0.6 is 0 Å². The number of phenolic OH excluding ortho intramolecular Hbond substituents is 1. The largest absolute Gasteiger partial charge is 0.507 e. The Morgan fingerprint density at radius 2 is 1.74 bits per heavy atom. The maximum atomic E-state index is 14.0. The number of Topliss-reactive ketones (excluding diaryl/α,β-unsaturated/α-hetero) is 2. The molecule has 3 aliphatic carbocycles. The third kappa shape index (κ3) is 4.58. The lowest BCUT2D eigenvalue weighted by molar-refractivity contribution is -0.184. The van der Waals surface area contributed by atoms with Crippen molar-refractivity contribution < 1.29 is 34.8 Å². The van der Waals surface area contributed by atoms with Crippen LogP contribution in [0, 0.1) is 23.2 Å². The van der Waals surface area contributed by atoms with Crippen molar-refractivity contribution in [1.29, 1.82) is 0 Å². The van der Waals surface area contributed by atoms with Gasteiger partial charge in [0, 0.05) is 29.8 Å². The summed E-state index contributed by atoms with van der Waals surface area (Å²) in [6.07, 6.45) is -1.21. The average molecular weight is 578 g/mol. The molecule has 10 heteroatoms. The van der Waals surface area contributed by atoms with Crippen molar-refractivity contribution in [3.8, 4) is 16.9 Å². The molecular formula is C32H39N3O7. The lowest BCUT2D eigenvalue weighted by Gasteiger charge is -2.53. The van der Waals surface area contributed by atoms with Gasteiger partial charge in [-0.1, -0.05) is 39.0 Å². The highest BCUT2D eigenvalue weighted by Gasteiger charge is 2.67. The van der Waals surface area contributed by atoms with Gasteiger partial charge < -0.3 is 36.4 Å². The maximum absolute atomic E-state index is 14.0. The molecule has 42 heavy (non-hydrogen) atoms. The fraction of sp³-hybridized carbons (Fsp3) is 0.469. The summed E-state index contributed by atoms with van der Waals surface area (Å²) in [5.74, 6) is -7.55. The molecule has 0 aromatic heterocycles. The Bertz CT molecular complexity index is 1490. The summed E-state index contributed by atoms with van der Waals surface area (Å²) < 4.78 is 0. The lowest BCUT2D eigenvalue weighted by Crippen LogP contribution is -2.73. The van der Waals surface area contributed by atoms with Crippen molar-refractivity contribution in [3.63, 3.8) is 0 Å². The molecule has 2 aromatic carbocycles. The van der Waals surface area contributed by atoms with Gasteiger partial charge in [-0.25, -0.2) is 0 Å². The molecule has 2 unspecified atom stereocenters. The Balaban J connectivity index is 1.60. The fourth-order valence-corrected chi connectivity index (χ4v) is 7.01. The van der Waals surface area contributed by atoms with Crippen LogP contribution in [0.15, 0.2) is 42.0 Å². The second-order valence-corrected chi connectivity index (χ2v) is 13.3. The second-order valence-electron chi connectivity index (χ2n) is 13.3. The van der Waals surface area contributed by atoms with E-state index in [0.29, 0.717) is 5.56 Å². The Morgan fingerprint density at radius 1 is 1.10 bits per heavy atom. The molecule has 2 aromatic rings. The zero-order chi connectivity index (χ0) is 30.9. The summed E-state index contributed by atoms with van der Waals surface area (Å²) in [5, 5.41) is 48.5. The van der Waals surface area contributed by atoms with Crippen LogP contribution in [0.5, 0.6) is 5.75 Å². The minimum atomic E-state index is -2.67. The van der Waals surface area contributed by atoms with Crippen LogP contribution in [0.1, 0.15) is 38.3 Å². The number of ketones is 2. The monoisotopic (exact) mass is 577 g/mol. The number of hydrogen-bond acceptors (Lipinski definition) is 9. The van der Waals surface area contributed by atoms with Gasteiger partial charge in [-0.05, 0) is 73.2 Å². The van der Waals surface area contributed by atoms with E-state index in [2.05, 4.69) is 26.1 Å². The molecular weight excluding hydrogens is 538 g/mol. The molecule has 5 rings (SSSR count). The first-order chi connectivity index (χ1) is 19.6. The number of amides is 1.